The van der Waals surface area contributed by atoms with Gasteiger partial charge in [-0.3, -0.25) is 4.79 Å². The van der Waals surface area contributed by atoms with Crippen LogP contribution in [0.3, 0.4) is 0 Å². The molecule has 1 aliphatic rings. The first-order valence-corrected chi connectivity index (χ1v) is 8.59. The lowest BCUT2D eigenvalue weighted by molar-refractivity contribution is 0.0698. The first kappa shape index (κ1) is 15.6. The summed E-state index contributed by atoms with van der Waals surface area (Å²) >= 11 is 11.8. The van der Waals surface area contributed by atoms with E-state index in [0.717, 1.165) is 0 Å². The summed E-state index contributed by atoms with van der Waals surface area (Å²) in [6.07, 6.45) is 1.17. The molecule has 0 saturated carbocycles. The van der Waals surface area contributed by atoms with E-state index in [1.807, 2.05) is 0 Å². The molecule has 0 aliphatic carbocycles. The molecule has 0 N–H and O–H groups in total. The van der Waals surface area contributed by atoms with Crippen molar-refractivity contribution in [2.75, 3.05) is 32.4 Å². The number of piperazine rings is 1. The molecule has 0 bridgehead atoms. The van der Waals surface area contributed by atoms with E-state index in [0.29, 0.717) is 41.8 Å². The summed E-state index contributed by atoms with van der Waals surface area (Å²) in [7, 11) is -3.20. The first-order chi connectivity index (χ1) is 9.29. The predicted molar refractivity (Wildman–Crippen MR) is 78.8 cm³/mol. The van der Waals surface area contributed by atoms with E-state index in [2.05, 4.69) is 0 Å². The highest BCUT2D eigenvalue weighted by Gasteiger charge is 2.27. The molecule has 1 heterocycles. The molecule has 1 fully saturated rings. The number of carbonyl (C=O) groups is 1. The zero-order chi connectivity index (χ0) is 14.9. The molecular formula is C12H14Cl2N2O3S. The number of rotatable bonds is 2. The second kappa shape index (κ2) is 5.89. The quantitative estimate of drug-likeness (QED) is 0.826. The van der Waals surface area contributed by atoms with Crippen molar-refractivity contribution in [2.24, 2.45) is 0 Å². The number of sulfonamides is 1. The maximum Gasteiger partial charge on any atom is 0.255 e. The van der Waals surface area contributed by atoms with Gasteiger partial charge in [-0.1, -0.05) is 23.2 Å². The fourth-order valence-electron chi connectivity index (χ4n) is 2.06. The summed E-state index contributed by atoms with van der Waals surface area (Å²) in [6.45, 7) is 1.31. The van der Waals surface area contributed by atoms with E-state index in [-0.39, 0.29) is 5.91 Å². The van der Waals surface area contributed by atoms with Crippen molar-refractivity contribution < 1.29 is 13.2 Å². The molecule has 2 rings (SSSR count). The summed E-state index contributed by atoms with van der Waals surface area (Å²) in [4.78, 5) is 13.9. The van der Waals surface area contributed by atoms with Crippen molar-refractivity contribution >= 4 is 39.1 Å². The normalized spacial score (nSPS) is 17.2. The molecule has 0 atom stereocenters. The summed E-state index contributed by atoms with van der Waals surface area (Å²) in [5.74, 6) is -0.209. The molecule has 1 aliphatic heterocycles. The van der Waals surface area contributed by atoms with E-state index in [1.54, 1.807) is 17.0 Å². The third-order valence-electron chi connectivity index (χ3n) is 3.16. The number of amides is 1. The van der Waals surface area contributed by atoms with Gasteiger partial charge in [0.15, 0.2) is 0 Å². The average molecular weight is 337 g/mol. The summed E-state index contributed by atoms with van der Waals surface area (Å²) in [5.41, 5.74) is 0.379. The maximum atomic E-state index is 12.3. The highest BCUT2D eigenvalue weighted by Crippen LogP contribution is 2.23. The van der Waals surface area contributed by atoms with E-state index in [9.17, 15) is 13.2 Å². The minimum atomic E-state index is -3.20. The van der Waals surface area contributed by atoms with Crippen LogP contribution in [0.25, 0.3) is 0 Å². The Morgan fingerprint density at radius 1 is 1.15 bits per heavy atom. The number of benzene rings is 1. The lowest BCUT2D eigenvalue weighted by Crippen LogP contribution is -2.50. The smallest absolute Gasteiger partial charge is 0.255 e. The highest BCUT2D eigenvalue weighted by molar-refractivity contribution is 7.88. The van der Waals surface area contributed by atoms with Gasteiger partial charge in [0.1, 0.15) is 0 Å². The van der Waals surface area contributed by atoms with Gasteiger partial charge >= 0.3 is 0 Å². The van der Waals surface area contributed by atoms with Crippen LogP contribution in [0.5, 0.6) is 0 Å². The molecule has 5 nitrogen and oxygen atoms in total. The largest absolute Gasteiger partial charge is 0.336 e. The monoisotopic (exact) mass is 336 g/mol. The average Bonchev–Trinajstić information content (AvgIpc) is 2.37. The molecule has 8 heteroatoms. The number of hydrogen-bond donors (Lipinski definition) is 0. The Balaban J connectivity index is 2.09. The standard InChI is InChI=1S/C12H14Cl2N2O3S/c1-20(18,19)16-6-4-15(5-7-16)12(17)10-3-2-9(13)8-11(10)14/h2-3,8H,4-7H2,1H3. The highest BCUT2D eigenvalue weighted by atomic mass is 35.5. The molecule has 1 aromatic carbocycles. The Bertz CT molecular complexity index is 626. The maximum absolute atomic E-state index is 12.3. The number of carbonyl (C=O) groups excluding carboxylic acids is 1. The minimum absolute atomic E-state index is 0.209. The SMILES string of the molecule is CS(=O)(=O)N1CCN(C(=O)c2ccc(Cl)cc2Cl)CC1. The van der Waals surface area contributed by atoms with Gasteiger partial charge in [0.05, 0.1) is 16.8 Å². The van der Waals surface area contributed by atoms with Crippen molar-refractivity contribution in [1.29, 1.82) is 0 Å². The zero-order valence-corrected chi connectivity index (χ0v) is 13.2. The molecule has 1 aromatic rings. The van der Waals surface area contributed by atoms with Crippen molar-refractivity contribution in [3.63, 3.8) is 0 Å². The second-order valence-corrected chi connectivity index (χ2v) is 7.40. The van der Waals surface area contributed by atoms with Crippen molar-refractivity contribution in [2.45, 2.75) is 0 Å². The van der Waals surface area contributed by atoms with Gasteiger partial charge in [-0.15, -0.1) is 0 Å². The van der Waals surface area contributed by atoms with E-state index >= 15 is 0 Å². The van der Waals surface area contributed by atoms with Crippen LogP contribution in [0.2, 0.25) is 10.0 Å². The van der Waals surface area contributed by atoms with E-state index in [1.165, 1.54) is 16.6 Å². The fourth-order valence-corrected chi connectivity index (χ4v) is 3.37. The third kappa shape index (κ3) is 3.44. The second-order valence-electron chi connectivity index (χ2n) is 4.58. The van der Waals surface area contributed by atoms with Gasteiger partial charge in [-0.05, 0) is 18.2 Å². The van der Waals surface area contributed by atoms with Gasteiger partial charge in [0.25, 0.3) is 5.91 Å². The van der Waals surface area contributed by atoms with Gasteiger partial charge in [-0.2, -0.15) is 4.31 Å². The number of halogens is 2. The summed E-state index contributed by atoms with van der Waals surface area (Å²) in [5, 5.41) is 0.765. The minimum Gasteiger partial charge on any atom is -0.336 e. The van der Waals surface area contributed by atoms with Crippen LogP contribution in [0, 0.1) is 0 Å². The van der Waals surface area contributed by atoms with Crippen molar-refractivity contribution in [3.8, 4) is 0 Å². The molecule has 1 amide bonds. The van der Waals surface area contributed by atoms with Gasteiger partial charge in [0.2, 0.25) is 10.0 Å². The van der Waals surface area contributed by atoms with E-state index < -0.39 is 10.0 Å². The topological polar surface area (TPSA) is 57.7 Å². The third-order valence-corrected chi connectivity index (χ3v) is 5.01. The van der Waals surface area contributed by atoms with Crippen LogP contribution in [-0.4, -0.2) is 56.0 Å². The Morgan fingerprint density at radius 3 is 2.25 bits per heavy atom. The molecule has 0 radical (unpaired) electrons. The Morgan fingerprint density at radius 2 is 1.75 bits per heavy atom. The molecule has 110 valence electrons. The predicted octanol–water partition coefficient (Wildman–Crippen LogP) is 1.71. The van der Waals surface area contributed by atoms with Gasteiger partial charge < -0.3 is 4.90 Å². The lowest BCUT2D eigenvalue weighted by Gasteiger charge is -2.33. The van der Waals surface area contributed by atoms with Crippen LogP contribution < -0.4 is 0 Å². The van der Waals surface area contributed by atoms with Crippen LogP contribution in [0.1, 0.15) is 10.4 Å². The number of hydrogen-bond acceptors (Lipinski definition) is 3. The Hall–Kier alpha value is -0.820. The van der Waals surface area contributed by atoms with Crippen molar-refractivity contribution in [1.82, 2.24) is 9.21 Å². The molecule has 1 saturated heterocycles. The van der Waals surface area contributed by atoms with Crippen LogP contribution in [0.4, 0.5) is 0 Å². The first-order valence-electron chi connectivity index (χ1n) is 5.98. The van der Waals surface area contributed by atoms with Crippen LogP contribution >= 0.6 is 23.2 Å². The zero-order valence-electron chi connectivity index (χ0n) is 10.8. The lowest BCUT2D eigenvalue weighted by atomic mass is 10.2. The molecular weight excluding hydrogens is 323 g/mol. The Labute approximate surface area is 128 Å². The fraction of sp³-hybridized carbons (Fsp3) is 0.417. The molecule has 20 heavy (non-hydrogen) atoms. The Kier molecular flexibility index (Phi) is 4.59. The van der Waals surface area contributed by atoms with E-state index in [4.69, 9.17) is 23.2 Å². The van der Waals surface area contributed by atoms with Gasteiger partial charge in [0, 0.05) is 31.2 Å². The summed E-state index contributed by atoms with van der Waals surface area (Å²) < 4.78 is 24.2. The van der Waals surface area contributed by atoms with Crippen molar-refractivity contribution in [3.05, 3.63) is 33.8 Å². The molecule has 0 spiro atoms. The number of nitrogens with zero attached hydrogens (tertiary/aromatic N) is 2. The summed E-state index contributed by atoms with van der Waals surface area (Å²) in [6, 6.07) is 4.70. The van der Waals surface area contributed by atoms with Crippen LogP contribution in [0.15, 0.2) is 18.2 Å². The van der Waals surface area contributed by atoms with Gasteiger partial charge in [-0.25, -0.2) is 8.42 Å². The molecule has 0 aromatic heterocycles. The van der Waals surface area contributed by atoms with Crippen LogP contribution in [-0.2, 0) is 10.0 Å². The molecule has 0 unspecified atom stereocenters.